The number of hydrogen-bond donors (Lipinski definition) is 5. The van der Waals surface area contributed by atoms with Crippen LogP contribution in [0.2, 0.25) is 0 Å². The third kappa shape index (κ3) is 4.39. The molecular formula is C19H19N2O9P. The zero-order chi connectivity index (χ0) is 22.3. The van der Waals surface area contributed by atoms with Crippen LogP contribution >= 0.6 is 7.82 Å². The van der Waals surface area contributed by atoms with Crippen molar-refractivity contribution in [3.05, 3.63) is 69.5 Å². The summed E-state index contributed by atoms with van der Waals surface area (Å²) in [7, 11) is -4.83. The third-order valence-corrected chi connectivity index (χ3v) is 5.53. The van der Waals surface area contributed by atoms with E-state index in [9.17, 15) is 24.4 Å². The van der Waals surface area contributed by atoms with Crippen LogP contribution in [0.15, 0.2) is 58.3 Å². The van der Waals surface area contributed by atoms with Crippen molar-refractivity contribution < 1.29 is 33.8 Å². The lowest BCUT2D eigenvalue weighted by atomic mass is 10.0. The standard InChI is InChI=1S/C19H19N2O9P/c22-15-14(9-29-31(26,27)28)30-18(16(15)23)21-8-13(17(24)20-19(21)25)12-6-5-10-3-1-2-4-11(10)7-12/h1-8,14-16,18,22-23H,9H2,(H,20,24,25)(H2,26,27,28)/t14-,15-,16-,18-/m1/s1. The van der Waals surface area contributed by atoms with Gasteiger partial charge in [-0.1, -0.05) is 36.4 Å². The Bertz CT molecular complexity index is 1280. The largest absolute Gasteiger partial charge is 0.469 e. The normalized spacial score (nSPS) is 24.0. The maximum absolute atomic E-state index is 12.4. The first-order valence-electron chi connectivity index (χ1n) is 9.20. The average molecular weight is 450 g/mol. The lowest BCUT2D eigenvalue weighted by molar-refractivity contribution is -0.0542. The Labute approximate surface area is 174 Å². The Morgan fingerprint density at radius 1 is 1.06 bits per heavy atom. The summed E-state index contributed by atoms with van der Waals surface area (Å²) in [5.74, 6) is 0. The SMILES string of the molecule is O=c1[nH]c(=O)n([C@@H]2O[C@H](COP(=O)(O)O)[C@@H](O)[C@H]2O)cc1-c1ccc2ccccc2c1. The summed E-state index contributed by atoms with van der Waals surface area (Å²) in [6, 6.07) is 12.8. The number of aromatic amines is 1. The zero-order valence-corrected chi connectivity index (χ0v) is 16.8. The molecule has 1 saturated heterocycles. The first kappa shape index (κ1) is 21.6. The smallest absolute Gasteiger partial charge is 0.387 e. The highest BCUT2D eigenvalue weighted by Crippen LogP contribution is 2.38. The molecule has 11 nitrogen and oxygen atoms in total. The average Bonchev–Trinajstić information content (AvgIpc) is 3.00. The number of benzene rings is 2. The maximum atomic E-state index is 12.4. The summed E-state index contributed by atoms with van der Waals surface area (Å²) in [6.07, 6.45) is -4.71. The highest BCUT2D eigenvalue weighted by atomic mass is 31.2. The summed E-state index contributed by atoms with van der Waals surface area (Å²) in [5, 5.41) is 22.3. The fourth-order valence-corrected chi connectivity index (χ4v) is 3.85. The molecule has 1 aromatic heterocycles. The molecule has 0 amide bonds. The monoisotopic (exact) mass is 450 g/mol. The topological polar surface area (TPSA) is 171 Å². The molecule has 4 rings (SSSR count). The van der Waals surface area contributed by atoms with Crippen molar-refractivity contribution in [1.82, 2.24) is 9.55 Å². The molecule has 2 heterocycles. The summed E-state index contributed by atoms with van der Waals surface area (Å²) >= 11 is 0. The number of phosphoric ester groups is 1. The number of ether oxygens (including phenoxy) is 1. The van der Waals surface area contributed by atoms with Crippen LogP contribution in [0.1, 0.15) is 6.23 Å². The molecule has 4 atom stereocenters. The van der Waals surface area contributed by atoms with Gasteiger partial charge in [0.2, 0.25) is 0 Å². The van der Waals surface area contributed by atoms with Crippen LogP contribution in [0, 0.1) is 0 Å². The number of aromatic nitrogens is 2. The van der Waals surface area contributed by atoms with Crippen LogP contribution in [0.5, 0.6) is 0 Å². The van der Waals surface area contributed by atoms with E-state index in [1.807, 2.05) is 30.3 Å². The number of fused-ring (bicyclic) bond motifs is 1. The van der Waals surface area contributed by atoms with Gasteiger partial charge < -0.3 is 24.7 Å². The van der Waals surface area contributed by atoms with E-state index in [2.05, 4.69) is 9.51 Å². The molecule has 2 aromatic carbocycles. The molecule has 0 spiro atoms. The van der Waals surface area contributed by atoms with E-state index in [1.54, 1.807) is 12.1 Å². The van der Waals surface area contributed by atoms with Crippen LogP contribution in [0.25, 0.3) is 21.9 Å². The molecule has 0 saturated carbocycles. The Morgan fingerprint density at radius 2 is 1.77 bits per heavy atom. The van der Waals surface area contributed by atoms with Crippen LogP contribution in [-0.2, 0) is 13.8 Å². The van der Waals surface area contributed by atoms with Gasteiger partial charge in [0.15, 0.2) is 6.23 Å². The fraction of sp³-hybridized carbons (Fsp3) is 0.263. The van der Waals surface area contributed by atoms with Gasteiger partial charge >= 0.3 is 13.5 Å². The van der Waals surface area contributed by atoms with Crippen molar-refractivity contribution in [3.63, 3.8) is 0 Å². The minimum Gasteiger partial charge on any atom is -0.387 e. The molecule has 0 radical (unpaired) electrons. The summed E-state index contributed by atoms with van der Waals surface area (Å²) < 4.78 is 21.6. The number of phosphoric acid groups is 1. The van der Waals surface area contributed by atoms with Crippen molar-refractivity contribution >= 4 is 18.6 Å². The van der Waals surface area contributed by atoms with Crippen molar-refractivity contribution in [2.75, 3.05) is 6.61 Å². The first-order valence-corrected chi connectivity index (χ1v) is 10.7. The lowest BCUT2D eigenvalue weighted by Gasteiger charge is -2.18. The highest BCUT2D eigenvalue weighted by molar-refractivity contribution is 7.46. The Morgan fingerprint density at radius 3 is 2.48 bits per heavy atom. The second-order valence-corrected chi connectivity index (χ2v) is 8.34. The molecule has 1 aliphatic rings. The second kappa shape index (κ2) is 8.13. The molecular weight excluding hydrogens is 431 g/mol. The fourth-order valence-electron chi connectivity index (χ4n) is 3.50. The van der Waals surface area contributed by atoms with Crippen LogP contribution in [0.4, 0.5) is 0 Å². The van der Waals surface area contributed by atoms with Gasteiger partial charge in [-0.05, 0) is 22.4 Å². The summed E-state index contributed by atoms with van der Waals surface area (Å²) in [5.41, 5.74) is -0.887. The van der Waals surface area contributed by atoms with E-state index in [-0.39, 0.29) is 5.56 Å². The number of aliphatic hydroxyl groups excluding tert-OH is 2. The molecule has 3 aromatic rings. The van der Waals surface area contributed by atoms with E-state index < -0.39 is 50.2 Å². The van der Waals surface area contributed by atoms with Crippen molar-refractivity contribution in [1.29, 1.82) is 0 Å². The number of aliphatic hydroxyl groups is 2. The number of nitrogens with one attached hydrogen (secondary N) is 1. The molecule has 12 heteroatoms. The minimum atomic E-state index is -4.83. The van der Waals surface area contributed by atoms with Crippen LogP contribution in [0.3, 0.4) is 0 Å². The van der Waals surface area contributed by atoms with Gasteiger partial charge in [-0.3, -0.25) is 18.9 Å². The number of hydrogen-bond acceptors (Lipinski definition) is 7. The quantitative estimate of drug-likeness (QED) is 0.338. The van der Waals surface area contributed by atoms with E-state index >= 15 is 0 Å². The first-order chi connectivity index (χ1) is 14.6. The Hall–Kier alpha value is -2.63. The van der Waals surface area contributed by atoms with E-state index in [1.165, 1.54) is 6.20 Å². The third-order valence-electron chi connectivity index (χ3n) is 5.05. The Kier molecular flexibility index (Phi) is 5.67. The van der Waals surface area contributed by atoms with Gasteiger partial charge in [0.1, 0.15) is 18.3 Å². The summed E-state index contributed by atoms with van der Waals surface area (Å²) in [4.78, 5) is 44.6. The summed E-state index contributed by atoms with van der Waals surface area (Å²) in [6.45, 7) is -0.714. The maximum Gasteiger partial charge on any atom is 0.469 e. The number of rotatable bonds is 5. The molecule has 31 heavy (non-hydrogen) atoms. The van der Waals surface area contributed by atoms with Crippen molar-refractivity contribution in [2.24, 2.45) is 0 Å². The molecule has 164 valence electrons. The van der Waals surface area contributed by atoms with Crippen molar-refractivity contribution in [2.45, 2.75) is 24.5 Å². The van der Waals surface area contributed by atoms with Gasteiger partial charge in [-0.2, -0.15) is 0 Å². The molecule has 1 aliphatic heterocycles. The second-order valence-electron chi connectivity index (χ2n) is 7.10. The molecule has 5 N–H and O–H groups in total. The van der Waals surface area contributed by atoms with Gasteiger partial charge in [0, 0.05) is 6.20 Å². The van der Waals surface area contributed by atoms with E-state index in [0.717, 1.165) is 15.3 Å². The predicted molar refractivity (Wildman–Crippen MR) is 108 cm³/mol. The van der Waals surface area contributed by atoms with Gasteiger partial charge in [-0.15, -0.1) is 0 Å². The Balaban J connectivity index is 1.70. The lowest BCUT2D eigenvalue weighted by Crippen LogP contribution is -2.38. The number of H-pyrrole nitrogens is 1. The van der Waals surface area contributed by atoms with Crippen molar-refractivity contribution in [3.8, 4) is 11.1 Å². The molecule has 0 aliphatic carbocycles. The van der Waals surface area contributed by atoms with Crippen LogP contribution < -0.4 is 11.2 Å². The molecule has 0 bridgehead atoms. The predicted octanol–water partition coefficient (Wildman–Crippen LogP) is 0.0853. The highest BCUT2D eigenvalue weighted by Gasteiger charge is 2.45. The zero-order valence-electron chi connectivity index (χ0n) is 15.9. The van der Waals surface area contributed by atoms with Gasteiger partial charge in [0.05, 0.1) is 12.2 Å². The minimum absolute atomic E-state index is 0.130. The van der Waals surface area contributed by atoms with E-state index in [0.29, 0.717) is 5.56 Å². The van der Waals surface area contributed by atoms with Gasteiger partial charge in [-0.25, -0.2) is 9.36 Å². The van der Waals surface area contributed by atoms with E-state index in [4.69, 9.17) is 14.5 Å². The number of nitrogens with zero attached hydrogens (tertiary/aromatic N) is 1. The molecule has 0 unspecified atom stereocenters. The van der Waals surface area contributed by atoms with Crippen LogP contribution in [-0.4, -0.2) is 54.5 Å². The molecule has 1 fully saturated rings. The van der Waals surface area contributed by atoms with Gasteiger partial charge in [0.25, 0.3) is 5.56 Å².